The molecule has 4 unspecified atom stereocenters. The van der Waals surface area contributed by atoms with Gasteiger partial charge in [-0.2, -0.15) is 0 Å². The van der Waals surface area contributed by atoms with Crippen LogP contribution in [0.25, 0.3) is 0 Å². The second-order valence-corrected chi connectivity index (χ2v) is 7.57. The minimum atomic E-state index is -1.21. The molecule has 0 aromatic heterocycles. The molecule has 0 fully saturated rings. The number of aliphatic carboxylic acids is 1. The Labute approximate surface area is 170 Å². The summed E-state index contributed by atoms with van der Waals surface area (Å²) < 4.78 is -0.0824. The van der Waals surface area contributed by atoms with E-state index in [1.165, 1.54) is 0 Å². The first-order valence-electron chi connectivity index (χ1n) is 10.7. The fourth-order valence-electron chi connectivity index (χ4n) is 3.71. The lowest BCUT2D eigenvalue weighted by atomic mass is 10.0. The Morgan fingerprint density at radius 1 is 0.929 bits per heavy atom. The molecule has 0 aliphatic rings. The first-order chi connectivity index (χ1) is 13.4. The number of hydrogen-bond acceptors (Lipinski definition) is 5. The monoisotopic (exact) mass is 399 g/mol. The van der Waals surface area contributed by atoms with E-state index in [9.17, 15) is 25.2 Å². The smallest absolute Gasteiger partial charge is 0.129 e. The van der Waals surface area contributed by atoms with Gasteiger partial charge in [0.25, 0.3) is 0 Å². The molecule has 0 spiro atoms. The number of quaternary nitrogens is 1. The largest absolute Gasteiger partial charge is 0.544 e. The van der Waals surface area contributed by atoms with Crippen LogP contribution in [0.2, 0.25) is 0 Å². The molecular formula is C22H41NO5. The normalized spacial score (nSPS) is 17.6. The molecule has 0 bridgehead atoms. The Balaban J connectivity index is 5.42. The van der Waals surface area contributed by atoms with Crippen molar-refractivity contribution >= 4 is 5.97 Å². The average Bonchev–Trinajstić information content (AvgIpc) is 2.62. The second-order valence-electron chi connectivity index (χ2n) is 7.57. The van der Waals surface area contributed by atoms with Gasteiger partial charge in [-0.15, -0.1) is 0 Å². The van der Waals surface area contributed by atoms with Crippen molar-refractivity contribution in [1.82, 2.24) is 0 Å². The maximum absolute atomic E-state index is 11.8. The van der Waals surface area contributed by atoms with Gasteiger partial charge in [-0.3, -0.25) is 0 Å². The molecule has 0 amide bonds. The molecule has 6 heteroatoms. The molecule has 3 N–H and O–H groups in total. The Morgan fingerprint density at radius 3 is 1.71 bits per heavy atom. The minimum Gasteiger partial charge on any atom is -0.544 e. The number of aliphatic hydroxyl groups excluding tert-OH is 3. The van der Waals surface area contributed by atoms with E-state index >= 15 is 0 Å². The summed E-state index contributed by atoms with van der Waals surface area (Å²) in [5, 5.41) is 42.5. The van der Waals surface area contributed by atoms with Gasteiger partial charge in [0.2, 0.25) is 0 Å². The summed E-state index contributed by atoms with van der Waals surface area (Å²) in [5.74, 6) is -1.21. The first-order valence-corrected chi connectivity index (χ1v) is 10.7. The number of carbonyl (C=O) groups is 1. The Kier molecular flexibility index (Phi) is 15.0. The number of aliphatic hydroxyl groups is 3. The van der Waals surface area contributed by atoms with Gasteiger partial charge in [0.05, 0.1) is 12.6 Å². The average molecular weight is 400 g/mol. The summed E-state index contributed by atoms with van der Waals surface area (Å²) in [6.07, 6.45) is 11.4. The molecule has 0 radical (unpaired) electrons. The van der Waals surface area contributed by atoms with Crippen LogP contribution in [0.5, 0.6) is 0 Å². The fraction of sp³-hybridized carbons (Fsp3) is 0.773. The van der Waals surface area contributed by atoms with Crippen molar-refractivity contribution in [1.29, 1.82) is 0 Å². The summed E-state index contributed by atoms with van der Waals surface area (Å²) in [6.45, 7) is 6.14. The predicted octanol–water partition coefficient (Wildman–Crippen LogP) is 1.54. The van der Waals surface area contributed by atoms with Crippen LogP contribution in [-0.2, 0) is 4.79 Å². The van der Waals surface area contributed by atoms with E-state index in [0.29, 0.717) is 19.3 Å². The summed E-state index contributed by atoms with van der Waals surface area (Å²) in [6, 6.07) is -0.893. The van der Waals surface area contributed by atoms with Crippen molar-refractivity contribution in [2.45, 2.75) is 84.0 Å². The number of hydrogen-bond donors (Lipinski definition) is 3. The van der Waals surface area contributed by atoms with Crippen LogP contribution in [0.15, 0.2) is 24.3 Å². The SMILES string of the molecule is CCC/C=C\CC(O)C[N+](CCO)(CC(O)C/C=C/CCC)C(CC)C(=O)[O-]. The molecule has 28 heavy (non-hydrogen) atoms. The zero-order valence-corrected chi connectivity index (χ0v) is 17.9. The van der Waals surface area contributed by atoms with Crippen LogP contribution in [0.3, 0.4) is 0 Å². The fourth-order valence-corrected chi connectivity index (χ4v) is 3.71. The van der Waals surface area contributed by atoms with E-state index < -0.39 is 24.2 Å². The topological polar surface area (TPSA) is 101 Å². The number of nitrogens with zero attached hydrogens (tertiary/aromatic N) is 1. The molecule has 6 nitrogen and oxygen atoms in total. The Morgan fingerprint density at radius 2 is 1.39 bits per heavy atom. The predicted molar refractivity (Wildman–Crippen MR) is 110 cm³/mol. The molecular weight excluding hydrogens is 358 g/mol. The van der Waals surface area contributed by atoms with Crippen molar-refractivity contribution in [3.8, 4) is 0 Å². The molecule has 0 aliphatic heterocycles. The van der Waals surface area contributed by atoms with E-state index in [-0.39, 0.29) is 30.7 Å². The van der Waals surface area contributed by atoms with Gasteiger partial charge in [-0.25, -0.2) is 0 Å². The number of carboxylic acid groups (broad SMARTS) is 1. The van der Waals surface area contributed by atoms with Gasteiger partial charge in [0.1, 0.15) is 37.9 Å². The standard InChI is InChI=1S/C22H41NO5/c1-4-7-9-11-13-19(25)17-23(15-16-24,21(6-3)22(27)28)18-20(26)14-12-10-8-5-2/h9-12,19-21,24-26H,4-8,13-18H2,1-3H3/b11-9-,12-10+. The van der Waals surface area contributed by atoms with Crippen LogP contribution < -0.4 is 5.11 Å². The molecule has 0 aromatic carbocycles. The maximum atomic E-state index is 11.8. The quantitative estimate of drug-likeness (QED) is 0.254. The lowest BCUT2D eigenvalue weighted by Gasteiger charge is -2.46. The van der Waals surface area contributed by atoms with Crippen LogP contribution >= 0.6 is 0 Å². The second kappa shape index (κ2) is 15.7. The summed E-state index contributed by atoms with van der Waals surface area (Å²) in [7, 11) is 0. The third-order valence-corrected chi connectivity index (χ3v) is 5.07. The van der Waals surface area contributed by atoms with Gasteiger partial charge >= 0.3 is 0 Å². The van der Waals surface area contributed by atoms with Gasteiger partial charge in [-0.1, -0.05) is 57.9 Å². The number of unbranched alkanes of at least 4 members (excludes halogenated alkanes) is 2. The van der Waals surface area contributed by atoms with E-state index in [4.69, 9.17) is 0 Å². The van der Waals surface area contributed by atoms with Crippen molar-refractivity contribution in [2.75, 3.05) is 26.2 Å². The van der Waals surface area contributed by atoms with E-state index in [1.54, 1.807) is 6.92 Å². The molecule has 0 aliphatic carbocycles. The lowest BCUT2D eigenvalue weighted by Crippen LogP contribution is -2.66. The highest BCUT2D eigenvalue weighted by atomic mass is 16.4. The van der Waals surface area contributed by atoms with Gasteiger partial charge in [-0.05, 0) is 25.7 Å². The summed E-state index contributed by atoms with van der Waals surface area (Å²) >= 11 is 0. The van der Waals surface area contributed by atoms with Crippen molar-refractivity contribution < 1.29 is 29.7 Å². The van der Waals surface area contributed by atoms with Crippen LogP contribution in [-0.4, -0.2) is 70.3 Å². The third kappa shape index (κ3) is 10.4. The highest BCUT2D eigenvalue weighted by Crippen LogP contribution is 2.21. The highest BCUT2D eigenvalue weighted by molar-refractivity contribution is 5.69. The zero-order valence-electron chi connectivity index (χ0n) is 17.9. The number of carboxylic acids is 1. The van der Waals surface area contributed by atoms with E-state index in [0.717, 1.165) is 25.7 Å². The van der Waals surface area contributed by atoms with E-state index in [1.807, 2.05) is 24.3 Å². The number of rotatable bonds is 17. The van der Waals surface area contributed by atoms with Crippen LogP contribution in [0.4, 0.5) is 0 Å². The molecule has 0 aromatic rings. The maximum Gasteiger partial charge on any atom is 0.129 e. The van der Waals surface area contributed by atoms with E-state index in [2.05, 4.69) is 13.8 Å². The van der Waals surface area contributed by atoms with Crippen LogP contribution in [0, 0.1) is 0 Å². The van der Waals surface area contributed by atoms with Crippen LogP contribution in [0.1, 0.15) is 65.7 Å². The lowest BCUT2D eigenvalue weighted by molar-refractivity contribution is -0.950. The Hall–Kier alpha value is -1.21. The third-order valence-electron chi connectivity index (χ3n) is 5.07. The minimum absolute atomic E-state index is 0.0824. The Bertz CT molecular complexity index is 438. The van der Waals surface area contributed by atoms with Gasteiger partial charge < -0.3 is 29.7 Å². The molecule has 0 saturated carbocycles. The summed E-state index contributed by atoms with van der Waals surface area (Å²) in [5.41, 5.74) is 0. The van der Waals surface area contributed by atoms with Crippen molar-refractivity contribution in [3.05, 3.63) is 24.3 Å². The zero-order chi connectivity index (χ0) is 21.4. The van der Waals surface area contributed by atoms with Gasteiger partial charge in [0, 0.05) is 6.42 Å². The van der Waals surface area contributed by atoms with Gasteiger partial charge in [0.15, 0.2) is 0 Å². The van der Waals surface area contributed by atoms with Crippen molar-refractivity contribution in [3.63, 3.8) is 0 Å². The van der Waals surface area contributed by atoms with Crippen molar-refractivity contribution in [2.24, 2.45) is 0 Å². The molecule has 0 saturated heterocycles. The summed E-state index contributed by atoms with van der Waals surface area (Å²) in [4.78, 5) is 11.8. The number of allylic oxidation sites excluding steroid dienone is 2. The molecule has 0 rings (SSSR count). The first kappa shape index (κ1) is 26.8. The molecule has 0 heterocycles. The molecule has 4 atom stereocenters. The highest BCUT2D eigenvalue weighted by Gasteiger charge is 2.39. The molecule has 164 valence electrons. The number of carbonyl (C=O) groups excluding carboxylic acids is 1.